The molecule has 128 valence electrons. The third-order valence-electron chi connectivity index (χ3n) is 3.10. The molecule has 9 heteroatoms. The average Bonchev–Trinajstić information content (AvgIpc) is 2.97. The van der Waals surface area contributed by atoms with Gasteiger partial charge in [0.05, 0.1) is 10.2 Å². The Labute approximate surface area is 147 Å². The minimum absolute atomic E-state index is 0.558. The average molecular weight is 370 g/mol. The van der Waals surface area contributed by atoms with Crippen molar-refractivity contribution >= 4 is 50.2 Å². The first-order valence-electron chi connectivity index (χ1n) is 7.11. The molecule has 0 amide bonds. The second-order valence-corrected chi connectivity index (χ2v) is 6.30. The molecule has 0 spiro atoms. The van der Waals surface area contributed by atoms with Crippen molar-refractivity contribution in [3.05, 3.63) is 35.4 Å². The van der Waals surface area contributed by atoms with E-state index in [-0.39, 0.29) is 0 Å². The first-order chi connectivity index (χ1) is 11.5. The maximum absolute atomic E-state index is 9.55. The number of hydrogen-bond donors (Lipinski definition) is 3. The molecule has 1 fully saturated rings. The number of carboxylic acid groups (broad SMARTS) is 2. The van der Waals surface area contributed by atoms with E-state index in [9.17, 15) is 9.59 Å². The predicted molar refractivity (Wildman–Crippen MR) is 94.1 cm³/mol. The van der Waals surface area contributed by atoms with E-state index in [2.05, 4.69) is 15.2 Å². The van der Waals surface area contributed by atoms with Crippen LogP contribution in [-0.4, -0.2) is 53.3 Å². The number of nitrogens with one attached hydrogen (secondary N) is 1. The lowest BCUT2D eigenvalue weighted by Crippen LogP contribution is -2.43. The van der Waals surface area contributed by atoms with Crippen LogP contribution in [0.15, 0.2) is 30.4 Å². The number of nitrogens with zero attached hydrogens (tertiary/aromatic N) is 2. The van der Waals surface area contributed by atoms with Crippen molar-refractivity contribution in [1.82, 2.24) is 10.3 Å². The van der Waals surface area contributed by atoms with E-state index in [4.69, 9.17) is 21.8 Å². The Morgan fingerprint density at radius 3 is 2.42 bits per heavy atom. The molecule has 0 bridgehead atoms. The molecule has 3 N–H and O–H groups in total. The van der Waals surface area contributed by atoms with Gasteiger partial charge in [-0.05, 0) is 18.2 Å². The Hall–Kier alpha value is -2.16. The lowest BCUT2D eigenvalue weighted by molar-refractivity contribution is -0.134. The lowest BCUT2D eigenvalue weighted by Gasteiger charge is -2.26. The molecule has 1 aromatic carbocycles. The fourth-order valence-electron chi connectivity index (χ4n) is 2.02. The normalized spacial score (nSPS) is 14.5. The number of thiazole rings is 1. The fraction of sp³-hybridized carbons (Fsp3) is 0.267. The summed E-state index contributed by atoms with van der Waals surface area (Å²) in [7, 11) is 0. The molecule has 1 aromatic heterocycles. The van der Waals surface area contributed by atoms with E-state index in [1.165, 1.54) is 4.70 Å². The quantitative estimate of drug-likeness (QED) is 0.711. The zero-order valence-corrected chi connectivity index (χ0v) is 14.2. The number of piperazine rings is 1. The molecular formula is C15H16ClN3O4S. The van der Waals surface area contributed by atoms with E-state index in [1.807, 2.05) is 18.2 Å². The molecule has 0 unspecified atom stereocenters. The molecule has 2 aromatic rings. The maximum atomic E-state index is 9.55. The molecule has 1 aliphatic heterocycles. The van der Waals surface area contributed by atoms with Crippen molar-refractivity contribution in [1.29, 1.82) is 0 Å². The lowest BCUT2D eigenvalue weighted by atomic mass is 10.3. The summed E-state index contributed by atoms with van der Waals surface area (Å²) in [6.45, 7) is 4.15. The number of carboxylic acids is 2. The smallest absolute Gasteiger partial charge is 0.328 e. The van der Waals surface area contributed by atoms with E-state index >= 15 is 0 Å². The number of fused-ring (bicyclic) bond motifs is 1. The van der Waals surface area contributed by atoms with Crippen molar-refractivity contribution in [3.63, 3.8) is 0 Å². The first kappa shape index (κ1) is 18.2. The highest BCUT2D eigenvalue weighted by Crippen LogP contribution is 2.30. The SMILES string of the molecule is Clc1ccc2nc(N3CCNCC3)sc2c1.O=C(O)C=CC(=O)O. The molecule has 3 rings (SSSR count). The third kappa shape index (κ3) is 5.48. The minimum Gasteiger partial charge on any atom is -0.478 e. The van der Waals surface area contributed by atoms with Crippen LogP contribution in [-0.2, 0) is 9.59 Å². The number of benzene rings is 1. The number of aromatic nitrogens is 1. The Kier molecular flexibility index (Phi) is 6.53. The molecule has 7 nitrogen and oxygen atoms in total. The number of aliphatic carboxylic acids is 2. The number of carbonyl (C=O) groups is 2. The summed E-state index contributed by atoms with van der Waals surface area (Å²) in [4.78, 5) is 26.1. The Balaban J connectivity index is 0.000000224. The molecule has 1 aliphatic rings. The van der Waals surface area contributed by atoms with Crippen LogP contribution in [0, 0.1) is 0 Å². The first-order valence-corrected chi connectivity index (χ1v) is 8.31. The van der Waals surface area contributed by atoms with Gasteiger partial charge in [0.25, 0.3) is 0 Å². The molecule has 24 heavy (non-hydrogen) atoms. The number of anilines is 1. The van der Waals surface area contributed by atoms with Crippen LogP contribution in [0.25, 0.3) is 10.2 Å². The van der Waals surface area contributed by atoms with E-state index in [0.29, 0.717) is 12.2 Å². The van der Waals surface area contributed by atoms with Gasteiger partial charge in [-0.25, -0.2) is 14.6 Å². The summed E-state index contributed by atoms with van der Waals surface area (Å²) in [6.07, 6.45) is 1.12. The monoisotopic (exact) mass is 369 g/mol. The minimum atomic E-state index is -1.26. The molecule has 0 saturated carbocycles. The van der Waals surface area contributed by atoms with Crippen LogP contribution in [0.5, 0.6) is 0 Å². The van der Waals surface area contributed by atoms with Crippen molar-refractivity contribution in [3.8, 4) is 0 Å². The van der Waals surface area contributed by atoms with Crippen LogP contribution < -0.4 is 10.2 Å². The zero-order chi connectivity index (χ0) is 17.5. The van der Waals surface area contributed by atoms with Crippen molar-refractivity contribution in [2.45, 2.75) is 0 Å². The van der Waals surface area contributed by atoms with Gasteiger partial charge in [0.1, 0.15) is 0 Å². The molecule has 0 aliphatic carbocycles. The standard InChI is InChI=1S/C11H12ClN3S.C4H4O4/c12-8-1-2-9-10(7-8)16-11(14-9)15-5-3-13-4-6-15;5-3(6)1-2-4(7)8/h1-2,7,13H,3-6H2;1-2H,(H,5,6)(H,7,8). The maximum Gasteiger partial charge on any atom is 0.328 e. The van der Waals surface area contributed by atoms with Crippen LogP contribution in [0.2, 0.25) is 5.02 Å². The summed E-state index contributed by atoms with van der Waals surface area (Å²) >= 11 is 7.69. The highest BCUT2D eigenvalue weighted by atomic mass is 35.5. The third-order valence-corrected chi connectivity index (χ3v) is 4.41. The van der Waals surface area contributed by atoms with Crippen molar-refractivity contribution in [2.75, 3.05) is 31.1 Å². The highest BCUT2D eigenvalue weighted by molar-refractivity contribution is 7.22. The number of rotatable bonds is 3. The van der Waals surface area contributed by atoms with E-state index < -0.39 is 11.9 Å². The van der Waals surface area contributed by atoms with Gasteiger partial charge in [-0.2, -0.15) is 0 Å². The molecular weight excluding hydrogens is 354 g/mol. The van der Waals surface area contributed by atoms with Crippen molar-refractivity contribution in [2.24, 2.45) is 0 Å². The molecule has 0 atom stereocenters. The summed E-state index contributed by atoms with van der Waals surface area (Å²) < 4.78 is 1.17. The Morgan fingerprint density at radius 2 is 1.83 bits per heavy atom. The van der Waals surface area contributed by atoms with E-state index in [1.54, 1.807) is 11.3 Å². The highest BCUT2D eigenvalue weighted by Gasteiger charge is 2.14. The largest absolute Gasteiger partial charge is 0.478 e. The topological polar surface area (TPSA) is 103 Å². The van der Waals surface area contributed by atoms with Gasteiger partial charge in [-0.1, -0.05) is 22.9 Å². The van der Waals surface area contributed by atoms with Gasteiger partial charge < -0.3 is 20.4 Å². The molecule has 0 radical (unpaired) electrons. The van der Waals surface area contributed by atoms with Crippen LogP contribution >= 0.6 is 22.9 Å². The van der Waals surface area contributed by atoms with Crippen LogP contribution in [0.1, 0.15) is 0 Å². The van der Waals surface area contributed by atoms with Gasteiger partial charge in [0.15, 0.2) is 5.13 Å². The predicted octanol–water partition coefficient (Wildman–Crippen LogP) is 2.07. The second kappa shape index (κ2) is 8.62. The van der Waals surface area contributed by atoms with Crippen LogP contribution in [0.4, 0.5) is 5.13 Å². The fourth-order valence-corrected chi connectivity index (χ4v) is 3.31. The summed E-state index contributed by atoms with van der Waals surface area (Å²) in [5.41, 5.74) is 1.04. The van der Waals surface area contributed by atoms with Gasteiger partial charge in [-0.3, -0.25) is 0 Å². The summed E-state index contributed by atoms with van der Waals surface area (Å²) in [5, 5.41) is 20.9. The zero-order valence-electron chi connectivity index (χ0n) is 12.6. The van der Waals surface area contributed by atoms with Gasteiger partial charge in [0.2, 0.25) is 0 Å². The van der Waals surface area contributed by atoms with Gasteiger partial charge in [-0.15, -0.1) is 0 Å². The number of hydrogen-bond acceptors (Lipinski definition) is 6. The molecule has 2 heterocycles. The summed E-state index contributed by atoms with van der Waals surface area (Å²) in [5.74, 6) is -2.51. The van der Waals surface area contributed by atoms with Crippen LogP contribution in [0.3, 0.4) is 0 Å². The Morgan fingerprint density at radius 1 is 1.21 bits per heavy atom. The summed E-state index contributed by atoms with van der Waals surface area (Å²) in [6, 6.07) is 5.87. The van der Waals surface area contributed by atoms with Gasteiger partial charge >= 0.3 is 11.9 Å². The number of halogens is 1. The second-order valence-electron chi connectivity index (χ2n) is 4.86. The molecule has 1 saturated heterocycles. The Bertz CT molecular complexity index is 740. The van der Waals surface area contributed by atoms with Gasteiger partial charge in [0, 0.05) is 43.4 Å². The van der Waals surface area contributed by atoms with E-state index in [0.717, 1.165) is 41.8 Å². The van der Waals surface area contributed by atoms with Crippen molar-refractivity contribution < 1.29 is 19.8 Å².